The van der Waals surface area contributed by atoms with Crippen LogP contribution in [0.3, 0.4) is 0 Å². The Morgan fingerprint density at radius 1 is 0.976 bits per heavy atom. The second-order valence-electron chi connectivity index (χ2n) is 9.23. The first kappa shape index (κ1) is 28.2. The molecule has 1 N–H and O–H groups in total. The summed E-state index contributed by atoms with van der Waals surface area (Å²) in [5, 5.41) is 11.2. The van der Waals surface area contributed by atoms with Crippen molar-refractivity contribution in [3.05, 3.63) is 95.8 Å². The van der Waals surface area contributed by atoms with Gasteiger partial charge >= 0.3 is 6.18 Å². The molecule has 1 aliphatic rings. The van der Waals surface area contributed by atoms with E-state index in [1.165, 1.54) is 16.7 Å². The highest BCUT2D eigenvalue weighted by atomic mass is 32.2. The molecule has 0 saturated heterocycles. The number of carbonyl (C=O) groups excluding carboxylic acids is 2. The van der Waals surface area contributed by atoms with E-state index < -0.39 is 17.6 Å². The first-order chi connectivity index (χ1) is 19.8. The predicted octanol–water partition coefficient (Wildman–Crippen LogP) is 5.05. The number of nitrogens with one attached hydrogen (secondary N) is 1. The molecule has 0 fully saturated rings. The van der Waals surface area contributed by atoms with Gasteiger partial charge < -0.3 is 15.0 Å². The highest BCUT2D eigenvalue weighted by Gasteiger charge is 2.31. The van der Waals surface area contributed by atoms with Crippen molar-refractivity contribution in [2.24, 2.45) is 0 Å². The summed E-state index contributed by atoms with van der Waals surface area (Å²) in [5.74, 6) is 0.141. The molecular formula is C29H26F3N5O3S. The molecule has 0 unspecified atom stereocenters. The van der Waals surface area contributed by atoms with Crippen LogP contribution in [0.25, 0.3) is 5.69 Å². The van der Waals surface area contributed by atoms with Gasteiger partial charge in [0, 0.05) is 12.2 Å². The zero-order valence-electron chi connectivity index (χ0n) is 21.8. The van der Waals surface area contributed by atoms with Crippen LogP contribution < -0.4 is 15.0 Å². The molecule has 0 atom stereocenters. The number of aromatic nitrogens is 3. The average Bonchev–Trinajstić information content (AvgIpc) is 3.40. The minimum absolute atomic E-state index is 0.00268. The van der Waals surface area contributed by atoms with Gasteiger partial charge in [-0.15, -0.1) is 10.2 Å². The number of nitrogens with zero attached hydrogens (tertiary/aromatic N) is 4. The van der Waals surface area contributed by atoms with Crippen molar-refractivity contribution in [3.63, 3.8) is 0 Å². The van der Waals surface area contributed by atoms with Crippen LogP contribution >= 0.6 is 11.8 Å². The molecule has 8 nitrogen and oxygen atoms in total. The first-order valence-electron chi connectivity index (χ1n) is 12.9. The molecule has 0 spiro atoms. The molecule has 1 aromatic heterocycles. The van der Waals surface area contributed by atoms with Gasteiger partial charge in [-0.25, -0.2) is 0 Å². The number of carbonyl (C=O) groups is 2. The van der Waals surface area contributed by atoms with Crippen molar-refractivity contribution < 1.29 is 27.5 Å². The van der Waals surface area contributed by atoms with Crippen LogP contribution in [-0.4, -0.2) is 45.5 Å². The molecule has 12 heteroatoms. The largest absolute Gasteiger partial charge is 0.484 e. The van der Waals surface area contributed by atoms with E-state index in [1.807, 2.05) is 30.3 Å². The number of alkyl halides is 3. The van der Waals surface area contributed by atoms with E-state index in [4.69, 9.17) is 4.74 Å². The lowest BCUT2D eigenvalue weighted by Gasteiger charge is -2.29. The smallest absolute Gasteiger partial charge is 0.416 e. The van der Waals surface area contributed by atoms with Gasteiger partial charge in [0.05, 0.1) is 23.5 Å². The maximum Gasteiger partial charge on any atom is 0.416 e. The Morgan fingerprint density at radius 2 is 1.76 bits per heavy atom. The second kappa shape index (κ2) is 12.5. The van der Waals surface area contributed by atoms with Crippen LogP contribution in [0.1, 0.15) is 23.4 Å². The summed E-state index contributed by atoms with van der Waals surface area (Å²) in [4.78, 5) is 27.4. The number of benzene rings is 3. The lowest BCUT2D eigenvalue weighted by Crippen LogP contribution is -2.36. The minimum Gasteiger partial charge on any atom is -0.484 e. The summed E-state index contributed by atoms with van der Waals surface area (Å²) in [6, 6.07) is 21.3. The molecule has 0 bridgehead atoms. The molecule has 0 aliphatic carbocycles. The topological polar surface area (TPSA) is 89.3 Å². The maximum atomic E-state index is 13.5. The quantitative estimate of drug-likeness (QED) is 0.278. The lowest BCUT2D eigenvalue weighted by molar-refractivity contribution is -0.137. The fraction of sp³-hybridized carbons (Fsp3) is 0.241. The molecule has 2 amide bonds. The predicted molar refractivity (Wildman–Crippen MR) is 148 cm³/mol. The lowest BCUT2D eigenvalue weighted by atomic mass is 10.0. The molecule has 4 aromatic rings. The normalized spacial score (nSPS) is 13.0. The number of amides is 2. The standard InChI is InChI=1S/C29H26F3N5O3S/c30-29(31,32)21-10-6-11-22(16-21)37-25(17-33-26(38)18-40-23-12-2-1-3-13-23)34-35-28(37)41-19-27(39)36-15-7-9-20-8-4-5-14-24(20)36/h1-6,8,10-14,16H,7,9,15,17-19H2,(H,33,38). The zero-order valence-corrected chi connectivity index (χ0v) is 22.6. The zero-order chi connectivity index (χ0) is 28.8. The number of fused-ring (bicyclic) bond motifs is 1. The minimum atomic E-state index is -4.56. The molecule has 5 rings (SSSR count). The SMILES string of the molecule is O=C(COc1ccccc1)NCc1nnc(SCC(=O)N2CCCc3ccccc32)n1-c1cccc(C(F)(F)F)c1. The van der Waals surface area contributed by atoms with Gasteiger partial charge in [0.1, 0.15) is 5.75 Å². The fourth-order valence-electron chi connectivity index (χ4n) is 4.48. The third kappa shape index (κ3) is 6.88. The second-order valence-corrected chi connectivity index (χ2v) is 10.2. The Hall–Kier alpha value is -4.32. The first-order valence-corrected chi connectivity index (χ1v) is 13.9. The molecular weight excluding hydrogens is 555 g/mol. The van der Waals surface area contributed by atoms with Gasteiger partial charge in [0.25, 0.3) is 5.91 Å². The molecule has 2 heterocycles. The highest BCUT2D eigenvalue weighted by Crippen LogP contribution is 2.32. The molecule has 41 heavy (non-hydrogen) atoms. The monoisotopic (exact) mass is 581 g/mol. The Balaban J connectivity index is 1.34. The number of hydrogen-bond acceptors (Lipinski definition) is 6. The summed E-state index contributed by atoms with van der Waals surface area (Å²) in [6.45, 7) is 0.211. The van der Waals surface area contributed by atoms with Crippen molar-refractivity contribution in [1.29, 1.82) is 0 Å². The van der Waals surface area contributed by atoms with E-state index in [0.29, 0.717) is 12.3 Å². The third-order valence-electron chi connectivity index (χ3n) is 6.42. The van der Waals surface area contributed by atoms with Gasteiger partial charge in [0.2, 0.25) is 5.91 Å². The number of halogens is 3. The van der Waals surface area contributed by atoms with Gasteiger partial charge in [-0.3, -0.25) is 14.2 Å². The van der Waals surface area contributed by atoms with Gasteiger partial charge in [0.15, 0.2) is 17.6 Å². The van der Waals surface area contributed by atoms with E-state index in [-0.39, 0.29) is 41.5 Å². The van der Waals surface area contributed by atoms with Gasteiger partial charge in [-0.1, -0.05) is 54.2 Å². The summed E-state index contributed by atoms with van der Waals surface area (Å²) in [5.41, 5.74) is 1.28. The van der Waals surface area contributed by atoms with Crippen LogP contribution in [0.5, 0.6) is 5.75 Å². The number of rotatable bonds is 9. The van der Waals surface area contributed by atoms with Crippen LogP contribution in [-0.2, 0) is 28.7 Å². The van der Waals surface area contributed by atoms with E-state index in [1.54, 1.807) is 29.2 Å². The molecule has 1 aliphatic heterocycles. The summed E-state index contributed by atoms with van der Waals surface area (Å²) in [7, 11) is 0. The van der Waals surface area contributed by atoms with Gasteiger partial charge in [-0.2, -0.15) is 13.2 Å². The molecule has 3 aromatic carbocycles. The summed E-state index contributed by atoms with van der Waals surface area (Å²) >= 11 is 1.07. The van der Waals surface area contributed by atoms with Crippen LogP contribution in [0, 0.1) is 0 Å². The van der Waals surface area contributed by atoms with E-state index in [2.05, 4.69) is 15.5 Å². The number of hydrogen-bond donors (Lipinski definition) is 1. The van der Waals surface area contributed by atoms with E-state index in [0.717, 1.165) is 48.0 Å². The van der Waals surface area contributed by atoms with E-state index >= 15 is 0 Å². The average molecular weight is 582 g/mol. The van der Waals surface area contributed by atoms with Crippen LogP contribution in [0.15, 0.2) is 84.0 Å². The van der Waals surface area contributed by atoms with Crippen molar-refractivity contribution in [2.45, 2.75) is 30.7 Å². The van der Waals surface area contributed by atoms with Crippen molar-refractivity contribution in [1.82, 2.24) is 20.1 Å². The Morgan fingerprint density at radius 3 is 2.56 bits per heavy atom. The maximum absolute atomic E-state index is 13.5. The van der Waals surface area contributed by atoms with Crippen molar-refractivity contribution in [3.8, 4) is 11.4 Å². The van der Waals surface area contributed by atoms with Crippen LogP contribution in [0.4, 0.5) is 18.9 Å². The Kier molecular flexibility index (Phi) is 8.58. The number of thioether (sulfide) groups is 1. The number of aryl methyl sites for hydroxylation is 1. The molecule has 0 saturated carbocycles. The Bertz CT molecular complexity index is 1530. The molecule has 212 valence electrons. The van der Waals surface area contributed by atoms with Crippen molar-refractivity contribution in [2.75, 3.05) is 23.8 Å². The highest BCUT2D eigenvalue weighted by molar-refractivity contribution is 7.99. The van der Waals surface area contributed by atoms with Crippen LogP contribution in [0.2, 0.25) is 0 Å². The summed E-state index contributed by atoms with van der Waals surface area (Å²) in [6.07, 6.45) is -2.83. The third-order valence-corrected chi connectivity index (χ3v) is 7.34. The van der Waals surface area contributed by atoms with Crippen molar-refractivity contribution >= 4 is 29.3 Å². The summed E-state index contributed by atoms with van der Waals surface area (Å²) < 4.78 is 47.4. The number of ether oxygens (including phenoxy) is 1. The molecule has 0 radical (unpaired) electrons. The number of para-hydroxylation sites is 2. The van der Waals surface area contributed by atoms with E-state index in [9.17, 15) is 22.8 Å². The fourth-order valence-corrected chi connectivity index (χ4v) is 5.33. The number of anilines is 1. The van der Waals surface area contributed by atoms with Gasteiger partial charge in [-0.05, 0) is 54.8 Å². The Labute approximate surface area is 238 Å².